The number of rotatable bonds is 5. The van der Waals surface area contributed by atoms with Crippen LogP contribution in [0.3, 0.4) is 0 Å². The van der Waals surface area contributed by atoms with Gasteiger partial charge in [0, 0.05) is 38.9 Å². The smallest absolute Gasteiger partial charge is 0.255 e. The number of likely N-dealkylation sites (N-methyl/N-ethyl adjacent to an activating group) is 1. The van der Waals surface area contributed by atoms with Crippen LogP contribution in [-0.2, 0) is 17.8 Å². The van der Waals surface area contributed by atoms with Gasteiger partial charge in [0.2, 0.25) is 5.95 Å². The highest BCUT2D eigenvalue weighted by Gasteiger charge is 2.19. The molecular formula is C14H24N4O2. The van der Waals surface area contributed by atoms with Crippen molar-refractivity contribution in [2.75, 3.05) is 44.7 Å². The van der Waals surface area contributed by atoms with E-state index in [1.807, 2.05) is 6.92 Å². The molecule has 0 aliphatic carbocycles. The first-order chi connectivity index (χ1) is 9.69. The number of H-pyrrole nitrogens is 1. The van der Waals surface area contributed by atoms with Crippen molar-refractivity contribution in [1.82, 2.24) is 14.9 Å². The molecule has 1 aromatic heterocycles. The third-order valence-corrected chi connectivity index (χ3v) is 3.84. The van der Waals surface area contributed by atoms with Crippen molar-refractivity contribution in [2.45, 2.75) is 26.9 Å². The van der Waals surface area contributed by atoms with E-state index in [0.29, 0.717) is 19.0 Å². The molecule has 1 aromatic rings. The Morgan fingerprint density at radius 1 is 1.25 bits per heavy atom. The van der Waals surface area contributed by atoms with Gasteiger partial charge >= 0.3 is 0 Å². The first-order valence-electron chi connectivity index (χ1n) is 7.27. The number of ether oxygens (including phenoxy) is 1. The number of nitrogens with zero attached hydrogens (tertiary/aromatic N) is 3. The van der Waals surface area contributed by atoms with Crippen LogP contribution in [0, 0.1) is 0 Å². The average molecular weight is 280 g/mol. The number of aromatic nitrogens is 2. The second-order valence-electron chi connectivity index (χ2n) is 5.02. The van der Waals surface area contributed by atoms with E-state index in [-0.39, 0.29) is 5.56 Å². The average Bonchev–Trinajstić information content (AvgIpc) is 2.47. The molecule has 0 amide bonds. The van der Waals surface area contributed by atoms with Gasteiger partial charge < -0.3 is 14.5 Å². The molecule has 0 spiro atoms. The fraction of sp³-hybridized carbons (Fsp3) is 0.714. The van der Waals surface area contributed by atoms with E-state index in [2.05, 4.69) is 26.7 Å². The van der Waals surface area contributed by atoms with E-state index in [0.717, 1.165) is 44.0 Å². The van der Waals surface area contributed by atoms with Crippen molar-refractivity contribution in [1.29, 1.82) is 0 Å². The molecule has 112 valence electrons. The van der Waals surface area contributed by atoms with Crippen LogP contribution in [0.2, 0.25) is 0 Å². The molecule has 0 bridgehead atoms. The van der Waals surface area contributed by atoms with Gasteiger partial charge in [-0.1, -0.05) is 13.8 Å². The Hall–Kier alpha value is -1.40. The predicted molar refractivity (Wildman–Crippen MR) is 79.3 cm³/mol. The van der Waals surface area contributed by atoms with Crippen molar-refractivity contribution in [3.8, 4) is 0 Å². The summed E-state index contributed by atoms with van der Waals surface area (Å²) in [5.41, 5.74) is 1.44. The molecular weight excluding hydrogens is 256 g/mol. The molecule has 0 radical (unpaired) electrons. The Labute approximate surface area is 119 Å². The summed E-state index contributed by atoms with van der Waals surface area (Å²) >= 11 is 0. The topological polar surface area (TPSA) is 61.5 Å². The van der Waals surface area contributed by atoms with Crippen LogP contribution in [0.25, 0.3) is 0 Å². The molecule has 0 saturated carbocycles. The summed E-state index contributed by atoms with van der Waals surface area (Å²) in [6.07, 6.45) is 0.672. The SMILES string of the molecule is CCc1c(COC)nc(N2CCN(CC)CC2)[nH]c1=O. The van der Waals surface area contributed by atoms with E-state index in [9.17, 15) is 4.79 Å². The minimum absolute atomic E-state index is 0.0394. The fourth-order valence-corrected chi connectivity index (χ4v) is 2.58. The van der Waals surface area contributed by atoms with E-state index in [4.69, 9.17) is 4.74 Å². The van der Waals surface area contributed by atoms with Crippen LogP contribution in [0.1, 0.15) is 25.1 Å². The Morgan fingerprint density at radius 2 is 1.95 bits per heavy atom. The van der Waals surface area contributed by atoms with Gasteiger partial charge in [-0.15, -0.1) is 0 Å². The highest BCUT2D eigenvalue weighted by molar-refractivity contribution is 5.34. The van der Waals surface area contributed by atoms with Crippen LogP contribution < -0.4 is 10.5 Å². The molecule has 1 saturated heterocycles. The molecule has 2 rings (SSSR count). The largest absolute Gasteiger partial charge is 0.378 e. The molecule has 1 aliphatic heterocycles. The molecule has 0 unspecified atom stereocenters. The maximum atomic E-state index is 12.1. The summed E-state index contributed by atoms with van der Waals surface area (Å²) < 4.78 is 5.16. The van der Waals surface area contributed by atoms with Gasteiger partial charge in [0.05, 0.1) is 12.3 Å². The van der Waals surface area contributed by atoms with E-state index in [1.165, 1.54) is 0 Å². The van der Waals surface area contributed by atoms with Crippen molar-refractivity contribution < 1.29 is 4.74 Å². The lowest BCUT2D eigenvalue weighted by Crippen LogP contribution is -2.47. The number of nitrogens with one attached hydrogen (secondary N) is 1. The van der Waals surface area contributed by atoms with E-state index < -0.39 is 0 Å². The van der Waals surface area contributed by atoms with Crippen LogP contribution in [0.15, 0.2) is 4.79 Å². The van der Waals surface area contributed by atoms with Gasteiger partial charge in [0.1, 0.15) is 0 Å². The standard InChI is InChI=1S/C14H24N4O2/c1-4-11-12(10-20-3)15-14(16-13(11)19)18-8-6-17(5-2)7-9-18/h4-10H2,1-3H3,(H,15,16,19). The molecule has 1 aliphatic rings. The fourth-order valence-electron chi connectivity index (χ4n) is 2.58. The van der Waals surface area contributed by atoms with Crippen molar-refractivity contribution in [3.05, 3.63) is 21.6 Å². The van der Waals surface area contributed by atoms with Crippen LogP contribution in [0.5, 0.6) is 0 Å². The van der Waals surface area contributed by atoms with E-state index in [1.54, 1.807) is 7.11 Å². The first kappa shape index (κ1) is 15.0. The first-order valence-corrected chi connectivity index (χ1v) is 7.27. The molecule has 20 heavy (non-hydrogen) atoms. The Bertz CT molecular complexity index is 492. The van der Waals surface area contributed by atoms with Gasteiger partial charge in [-0.2, -0.15) is 0 Å². The normalized spacial score (nSPS) is 16.6. The number of methoxy groups -OCH3 is 1. The minimum atomic E-state index is -0.0394. The molecule has 1 N–H and O–H groups in total. The summed E-state index contributed by atoms with van der Waals surface area (Å²) in [6, 6.07) is 0. The number of hydrogen-bond acceptors (Lipinski definition) is 5. The van der Waals surface area contributed by atoms with Gasteiger partial charge in [-0.3, -0.25) is 9.78 Å². The number of hydrogen-bond donors (Lipinski definition) is 1. The third-order valence-electron chi connectivity index (χ3n) is 3.84. The quantitative estimate of drug-likeness (QED) is 0.857. The zero-order chi connectivity index (χ0) is 14.5. The lowest BCUT2D eigenvalue weighted by atomic mass is 10.2. The second kappa shape index (κ2) is 6.85. The lowest BCUT2D eigenvalue weighted by Gasteiger charge is -2.34. The zero-order valence-electron chi connectivity index (χ0n) is 12.6. The number of aromatic amines is 1. The zero-order valence-corrected chi connectivity index (χ0v) is 12.6. The monoisotopic (exact) mass is 280 g/mol. The van der Waals surface area contributed by atoms with Gasteiger partial charge in [0.15, 0.2) is 0 Å². The summed E-state index contributed by atoms with van der Waals surface area (Å²) in [6.45, 7) is 9.40. The lowest BCUT2D eigenvalue weighted by molar-refractivity contribution is 0.180. The maximum absolute atomic E-state index is 12.1. The predicted octanol–water partition coefficient (Wildman–Crippen LogP) is 0.621. The Morgan fingerprint density at radius 3 is 2.50 bits per heavy atom. The third kappa shape index (κ3) is 3.19. The molecule has 6 nitrogen and oxygen atoms in total. The highest BCUT2D eigenvalue weighted by atomic mass is 16.5. The summed E-state index contributed by atoms with van der Waals surface area (Å²) in [5.74, 6) is 0.676. The molecule has 0 aromatic carbocycles. The summed E-state index contributed by atoms with van der Waals surface area (Å²) in [4.78, 5) is 24.2. The maximum Gasteiger partial charge on any atom is 0.255 e. The van der Waals surface area contributed by atoms with Gasteiger partial charge in [0.25, 0.3) is 5.56 Å². The van der Waals surface area contributed by atoms with Crippen LogP contribution >= 0.6 is 0 Å². The minimum Gasteiger partial charge on any atom is -0.378 e. The van der Waals surface area contributed by atoms with E-state index >= 15 is 0 Å². The van der Waals surface area contributed by atoms with Crippen molar-refractivity contribution >= 4 is 5.95 Å². The highest BCUT2D eigenvalue weighted by Crippen LogP contribution is 2.12. The Balaban J connectivity index is 2.22. The molecule has 6 heteroatoms. The van der Waals surface area contributed by atoms with Gasteiger partial charge in [-0.25, -0.2) is 4.98 Å². The second-order valence-corrected chi connectivity index (χ2v) is 5.02. The van der Waals surface area contributed by atoms with Gasteiger partial charge in [-0.05, 0) is 13.0 Å². The summed E-state index contributed by atoms with van der Waals surface area (Å²) in [5, 5.41) is 0. The Kier molecular flexibility index (Phi) is 5.14. The molecule has 2 heterocycles. The molecule has 0 atom stereocenters. The van der Waals surface area contributed by atoms with Crippen LogP contribution in [0.4, 0.5) is 5.95 Å². The van der Waals surface area contributed by atoms with Crippen molar-refractivity contribution in [2.24, 2.45) is 0 Å². The number of piperazine rings is 1. The van der Waals surface area contributed by atoms with Crippen LogP contribution in [-0.4, -0.2) is 54.7 Å². The van der Waals surface area contributed by atoms with Crippen molar-refractivity contribution in [3.63, 3.8) is 0 Å². The number of anilines is 1. The summed E-state index contributed by atoms with van der Waals surface area (Å²) in [7, 11) is 1.63. The molecule has 1 fully saturated rings.